The summed E-state index contributed by atoms with van der Waals surface area (Å²) in [6.07, 6.45) is 9.73. The lowest BCUT2D eigenvalue weighted by atomic mass is 9.88. The van der Waals surface area contributed by atoms with E-state index in [4.69, 9.17) is 4.74 Å². The number of hydrogen-bond acceptors (Lipinski definition) is 3. The average molecular weight is 225 g/mol. The molecule has 3 heteroatoms. The minimum Gasteiger partial charge on any atom is -0.394 e. The van der Waals surface area contributed by atoms with Crippen molar-refractivity contribution in [1.82, 2.24) is 5.32 Å². The van der Waals surface area contributed by atoms with Crippen LogP contribution in [0.2, 0.25) is 0 Å². The van der Waals surface area contributed by atoms with Crippen LogP contribution < -0.4 is 5.32 Å². The summed E-state index contributed by atoms with van der Waals surface area (Å²) in [4.78, 5) is 0. The van der Waals surface area contributed by atoms with E-state index in [0.717, 1.165) is 32.3 Å². The monoisotopic (exact) mass is 225 g/mol. The van der Waals surface area contributed by atoms with Gasteiger partial charge in [-0.1, -0.05) is 12.8 Å². The number of aliphatic hydroxyl groups is 1. The van der Waals surface area contributed by atoms with Gasteiger partial charge in [-0.15, -0.1) is 0 Å². The molecule has 2 aliphatic carbocycles. The molecule has 0 amide bonds. The average Bonchev–Trinajstić information content (AvgIpc) is 2.93. The Bertz CT molecular complexity index is 257. The van der Waals surface area contributed by atoms with E-state index in [-0.39, 0.29) is 11.1 Å². The topological polar surface area (TPSA) is 41.5 Å². The number of rotatable bonds is 3. The van der Waals surface area contributed by atoms with Crippen molar-refractivity contribution in [3.8, 4) is 0 Å². The second-order valence-electron chi connectivity index (χ2n) is 6.01. The fourth-order valence-corrected chi connectivity index (χ4v) is 3.45. The Labute approximate surface area is 97.6 Å². The Morgan fingerprint density at radius 3 is 2.56 bits per heavy atom. The highest BCUT2D eigenvalue weighted by Gasteiger charge is 2.46. The van der Waals surface area contributed by atoms with Crippen LogP contribution in [0.1, 0.15) is 51.4 Å². The zero-order valence-corrected chi connectivity index (χ0v) is 10.0. The lowest BCUT2D eigenvalue weighted by molar-refractivity contribution is -0.0858. The molecule has 3 fully saturated rings. The van der Waals surface area contributed by atoms with Gasteiger partial charge in [-0.3, -0.25) is 0 Å². The van der Waals surface area contributed by atoms with E-state index in [9.17, 15) is 5.11 Å². The van der Waals surface area contributed by atoms with E-state index in [1.165, 1.54) is 25.7 Å². The SMILES string of the molecule is OCC1(NC2CCOC3(CCCC3)C2)CC1. The van der Waals surface area contributed by atoms with Crippen LogP contribution in [0.25, 0.3) is 0 Å². The van der Waals surface area contributed by atoms with Crippen LogP contribution in [-0.2, 0) is 4.74 Å². The summed E-state index contributed by atoms with van der Waals surface area (Å²) in [7, 11) is 0. The van der Waals surface area contributed by atoms with Crippen molar-refractivity contribution >= 4 is 0 Å². The molecule has 0 bridgehead atoms. The van der Waals surface area contributed by atoms with Crippen molar-refractivity contribution in [3.05, 3.63) is 0 Å². The predicted octanol–water partition coefficient (Wildman–Crippen LogP) is 1.59. The van der Waals surface area contributed by atoms with Crippen molar-refractivity contribution in [1.29, 1.82) is 0 Å². The zero-order chi connectivity index (χ0) is 11.1. The van der Waals surface area contributed by atoms with Gasteiger partial charge >= 0.3 is 0 Å². The maximum Gasteiger partial charge on any atom is 0.0697 e. The van der Waals surface area contributed by atoms with Crippen molar-refractivity contribution < 1.29 is 9.84 Å². The molecule has 3 aliphatic rings. The molecule has 0 aromatic rings. The maximum atomic E-state index is 9.35. The number of nitrogens with one attached hydrogen (secondary N) is 1. The van der Waals surface area contributed by atoms with Gasteiger partial charge in [-0.05, 0) is 38.5 Å². The van der Waals surface area contributed by atoms with E-state index < -0.39 is 0 Å². The molecule has 1 saturated heterocycles. The van der Waals surface area contributed by atoms with Crippen molar-refractivity contribution in [2.24, 2.45) is 0 Å². The standard InChI is InChI=1S/C13H23NO2/c15-10-12(6-7-12)14-11-3-8-16-13(9-11)4-1-2-5-13/h11,14-15H,1-10H2. The van der Waals surface area contributed by atoms with Crippen LogP contribution in [0.15, 0.2) is 0 Å². The van der Waals surface area contributed by atoms with Gasteiger partial charge in [0.15, 0.2) is 0 Å². The summed E-state index contributed by atoms with van der Waals surface area (Å²) in [6.45, 7) is 1.20. The third-order valence-electron chi connectivity index (χ3n) is 4.67. The zero-order valence-electron chi connectivity index (χ0n) is 10.0. The quantitative estimate of drug-likeness (QED) is 0.766. The smallest absolute Gasteiger partial charge is 0.0697 e. The van der Waals surface area contributed by atoms with Crippen molar-refractivity contribution in [2.75, 3.05) is 13.2 Å². The molecular weight excluding hydrogens is 202 g/mol. The first-order valence-electron chi connectivity index (χ1n) is 6.79. The lowest BCUT2D eigenvalue weighted by Gasteiger charge is -2.40. The molecule has 1 unspecified atom stereocenters. The van der Waals surface area contributed by atoms with E-state index in [1.807, 2.05) is 0 Å². The van der Waals surface area contributed by atoms with Crippen LogP contribution in [-0.4, -0.2) is 35.5 Å². The normalized spacial score (nSPS) is 35.4. The number of ether oxygens (including phenoxy) is 1. The first-order chi connectivity index (χ1) is 7.76. The molecular formula is C13H23NO2. The first kappa shape index (κ1) is 11.0. The third-order valence-corrected chi connectivity index (χ3v) is 4.67. The molecule has 1 heterocycles. The highest BCUT2D eigenvalue weighted by molar-refractivity contribution is 5.05. The van der Waals surface area contributed by atoms with E-state index in [2.05, 4.69) is 5.32 Å². The van der Waals surface area contributed by atoms with E-state index in [0.29, 0.717) is 12.6 Å². The highest BCUT2D eigenvalue weighted by atomic mass is 16.5. The summed E-state index contributed by atoms with van der Waals surface area (Å²) in [5, 5.41) is 13.0. The molecule has 92 valence electrons. The Morgan fingerprint density at radius 1 is 1.19 bits per heavy atom. The van der Waals surface area contributed by atoms with Gasteiger partial charge in [0.05, 0.1) is 12.2 Å². The highest BCUT2D eigenvalue weighted by Crippen LogP contribution is 2.42. The second kappa shape index (κ2) is 3.97. The van der Waals surface area contributed by atoms with E-state index >= 15 is 0 Å². The predicted molar refractivity (Wildman–Crippen MR) is 62.4 cm³/mol. The molecule has 1 atom stereocenters. The summed E-state index contributed by atoms with van der Waals surface area (Å²) in [5.41, 5.74) is 0.281. The molecule has 2 saturated carbocycles. The van der Waals surface area contributed by atoms with Gasteiger partial charge in [0.1, 0.15) is 0 Å². The van der Waals surface area contributed by atoms with Gasteiger partial charge < -0.3 is 15.2 Å². The number of aliphatic hydroxyl groups excluding tert-OH is 1. The third kappa shape index (κ3) is 2.01. The Morgan fingerprint density at radius 2 is 1.94 bits per heavy atom. The molecule has 0 radical (unpaired) electrons. The lowest BCUT2D eigenvalue weighted by Crippen LogP contribution is -2.50. The van der Waals surface area contributed by atoms with Crippen LogP contribution >= 0.6 is 0 Å². The van der Waals surface area contributed by atoms with Crippen LogP contribution in [0, 0.1) is 0 Å². The fourth-order valence-electron chi connectivity index (χ4n) is 3.45. The molecule has 3 nitrogen and oxygen atoms in total. The van der Waals surface area contributed by atoms with E-state index in [1.54, 1.807) is 0 Å². The van der Waals surface area contributed by atoms with Gasteiger partial charge in [0.25, 0.3) is 0 Å². The summed E-state index contributed by atoms with van der Waals surface area (Å²) in [5.74, 6) is 0. The minimum absolute atomic E-state index is 0.0851. The van der Waals surface area contributed by atoms with Crippen LogP contribution in [0.5, 0.6) is 0 Å². The molecule has 3 rings (SSSR count). The minimum atomic E-state index is 0.0851. The van der Waals surface area contributed by atoms with Gasteiger partial charge in [0, 0.05) is 18.2 Å². The molecule has 1 spiro atoms. The molecule has 2 N–H and O–H groups in total. The first-order valence-corrected chi connectivity index (χ1v) is 6.79. The second-order valence-corrected chi connectivity index (χ2v) is 6.01. The van der Waals surface area contributed by atoms with Crippen molar-refractivity contribution in [3.63, 3.8) is 0 Å². The Hall–Kier alpha value is -0.120. The van der Waals surface area contributed by atoms with Gasteiger partial charge in [0.2, 0.25) is 0 Å². The molecule has 1 aliphatic heterocycles. The fraction of sp³-hybridized carbons (Fsp3) is 1.00. The maximum absolute atomic E-state index is 9.35. The molecule has 16 heavy (non-hydrogen) atoms. The van der Waals surface area contributed by atoms with Crippen LogP contribution in [0.4, 0.5) is 0 Å². The Kier molecular flexibility index (Phi) is 2.73. The van der Waals surface area contributed by atoms with Crippen molar-refractivity contribution in [2.45, 2.75) is 68.5 Å². The molecule has 0 aromatic heterocycles. The summed E-state index contributed by atoms with van der Waals surface area (Å²) in [6, 6.07) is 0.571. The van der Waals surface area contributed by atoms with Gasteiger partial charge in [-0.2, -0.15) is 0 Å². The summed E-state index contributed by atoms with van der Waals surface area (Å²) < 4.78 is 6.02. The molecule has 0 aromatic carbocycles. The summed E-state index contributed by atoms with van der Waals surface area (Å²) >= 11 is 0. The van der Waals surface area contributed by atoms with Gasteiger partial charge in [-0.25, -0.2) is 0 Å². The Balaban J connectivity index is 1.59. The van der Waals surface area contributed by atoms with Crippen LogP contribution in [0.3, 0.4) is 0 Å². The number of hydrogen-bond donors (Lipinski definition) is 2. The largest absolute Gasteiger partial charge is 0.394 e.